The summed E-state index contributed by atoms with van der Waals surface area (Å²) in [5.41, 5.74) is 1.75. The van der Waals surface area contributed by atoms with Crippen molar-refractivity contribution in [2.75, 3.05) is 0 Å². The van der Waals surface area contributed by atoms with Crippen molar-refractivity contribution >= 4 is 11.8 Å². The van der Waals surface area contributed by atoms with Crippen LogP contribution in [0.15, 0.2) is 35.1 Å². The minimum absolute atomic E-state index is 0.129. The molecule has 0 saturated heterocycles. The van der Waals surface area contributed by atoms with Gasteiger partial charge in [-0.1, -0.05) is 6.42 Å². The topological polar surface area (TPSA) is 72.4 Å². The lowest BCUT2D eigenvalue weighted by atomic mass is 10.0. The van der Waals surface area contributed by atoms with Crippen molar-refractivity contribution in [1.82, 2.24) is 4.57 Å². The molecular formula is C15H15NO4. The second-order valence-electron chi connectivity index (χ2n) is 5.02. The fourth-order valence-corrected chi connectivity index (χ4v) is 2.79. The number of rotatable bonds is 3. The van der Waals surface area contributed by atoms with Crippen LogP contribution in [0.25, 0.3) is 0 Å². The molecule has 0 saturated carbocycles. The average molecular weight is 273 g/mol. The third kappa shape index (κ3) is 2.05. The SMILES string of the molecule is O=C(c1ccoc1)c1ccc2n1CCCCC2C(=O)O. The Bertz CT molecular complexity index is 639. The number of hydrogen-bond donors (Lipinski definition) is 1. The number of fused-ring (bicyclic) bond motifs is 1. The Hall–Kier alpha value is -2.30. The van der Waals surface area contributed by atoms with Crippen molar-refractivity contribution in [2.24, 2.45) is 0 Å². The van der Waals surface area contributed by atoms with Gasteiger partial charge in [-0.25, -0.2) is 0 Å². The highest BCUT2D eigenvalue weighted by atomic mass is 16.4. The minimum Gasteiger partial charge on any atom is -0.481 e. The third-order valence-corrected chi connectivity index (χ3v) is 3.81. The zero-order valence-corrected chi connectivity index (χ0v) is 10.9. The maximum absolute atomic E-state index is 12.4. The van der Waals surface area contributed by atoms with E-state index in [9.17, 15) is 14.7 Å². The molecule has 2 aromatic rings. The summed E-state index contributed by atoms with van der Waals surface area (Å²) in [5.74, 6) is -1.48. The predicted molar refractivity (Wildman–Crippen MR) is 70.8 cm³/mol. The van der Waals surface area contributed by atoms with Gasteiger partial charge >= 0.3 is 5.97 Å². The summed E-state index contributed by atoms with van der Waals surface area (Å²) in [6.07, 6.45) is 5.24. The third-order valence-electron chi connectivity index (χ3n) is 3.81. The van der Waals surface area contributed by atoms with Crippen LogP contribution in [0.3, 0.4) is 0 Å². The van der Waals surface area contributed by atoms with E-state index in [0.717, 1.165) is 18.5 Å². The first-order valence-corrected chi connectivity index (χ1v) is 6.67. The first-order valence-electron chi connectivity index (χ1n) is 6.67. The summed E-state index contributed by atoms with van der Waals surface area (Å²) >= 11 is 0. The lowest BCUT2D eigenvalue weighted by molar-refractivity contribution is -0.139. The van der Waals surface area contributed by atoms with Crippen LogP contribution < -0.4 is 0 Å². The molecule has 5 nitrogen and oxygen atoms in total. The number of furan rings is 1. The Morgan fingerprint density at radius 3 is 2.80 bits per heavy atom. The van der Waals surface area contributed by atoms with Gasteiger partial charge in [-0.05, 0) is 31.0 Å². The normalized spacial score (nSPS) is 18.3. The van der Waals surface area contributed by atoms with Crippen molar-refractivity contribution in [3.05, 3.63) is 47.7 Å². The fraction of sp³-hybridized carbons (Fsp3) is 0.333. The molecule has 20 heavy (non-hydrogen) atoms. The summed E-state index contributed by atoms with van der Waals surface area (Å²) in [7, 11) is 0. The molecule has 0 radical (unpaired) electrons. The van der Waals surface area contributed by atoms with Gasteiger partial charge in [0.15, 0.2) is 0 Å². The number of carboxylic acid groups (broad SMARTS) is 1. The van der Waals surface area contributed by atoms with E-state index in [-0.39, 0.29) is 5.78 Å². The molecule has 5 heteroatoms. The Balaban J connectivity index is 2.03. The van der Waals surface area contributed by atoms with Gasteiger partial charge in [0.05, 0.1) is 23.4 Å². The van der Waals surface area contributed by atoms with Gasteiger partial charge < -0.3 is 14.1 Å². The van der Waals surface area contributed by atoms with Gasteiger partial charge in [0, 0.05) is 12.2 Å². The molecule has 104 valence electrons. The van der Waals surface area contributed by atoms with Crippen LogP contribution in [0, 0.1) is 0 Å². The molecular weight excluding hydrogens is 258 g/mol. The Kier molecular flexibility index (Phi) is 3.18. The monoisotopic (exact) mass is 273 g/mol. The highest BCUT2D eigenvalue weighted by Gasteiger charge is 2.28. The van der Waals surface area contributed by atoms with Crippen LogP contribution in [-0.4, -0.2) is 21.4 Å². The zero-order valence-electron chi connectivity index (χ0n) is 10.9. The van der Waals surface area contributed by atoms with Gasteiger partial charge in [0.25, 0.3) is 0 Å². The zero-order chi connectivity index (χ0) is 14.1. The molecule has 0 aliphatic carbocycles. The van der Waals surface area contributed by atoms with E-state index in [2.05, 4.69) is 0 Å². The number of hydrogen-bond acceptors (Lipinski definition) is 3. The van der Waals surface area contributed by atoms with E-state index in [1.165, 1.54) is 12.5 Å². The average Bonchev–Trinajstić information content (AvgIpc) is 3.04. The Labute approximate surface area is 115 Å². The summed E-state index contributed by atoms with van der Waals surface area (Å²) in [6, 6.07) is 5.09. The molecule has 0 aromatic carbocycles. The molecule has 0 amide bonds. The molecule has 1 N–H and O–H groups in total. The molecule has 2 aromatic heterocycles. The summed E-state index contributed by atoms with van der Waals surface area (Å²) in [6.45, 7) is 0.686. The number of carbonyl (C=O) groups excluding carboxylic acids is 1. The van der Waals surface area contributed by atoms with Crippen LogP contribution in [0.2, 0.25) is 0 Å². The maximum atomic E-state index is 12.4. The molecule has 0 bridgehead atoms. The second-order valence-corrected chi connectivity index (χ2v) is 5.02. The fourth-order valence-electron chi connectivity index (χ4n) is 2.79. The molecule has 1 atom stereocenters. The number of aromatic nitrogens is 1. The standard InChI is InChI=1S/C15H15NO4/c17-14(10-6-8-20-9-10)13-5-4-12-11(15(18)19)3-1-2-7-16(12)13/h4-6,8-9,11H,1-3,7H2,(H,18,19). The summed E-state index contributed by atoms with van der Waals surface area (Å²) < 4.78 is 6.79. The van der Waals surface area contributed by atoms with Crippen molar-refractivity contribution < 1.29 is 19.1 Å². The minimum atomic E-state index is -0.825. The van der Waals surface area contributed by atoms with Gasteiger partial charge in [0.1, 0.15) is 6.26 Å². The van der Waals surface area contributed by atoms with E-state index >= 15 is 0 Å². The predicted octanol–water partition coefficient (Wildman–Crippen LogP) is 2.66. The quantitative estimate of drug-likeness (QED) is 0.873. The number of aliphatic carboxylic acids is 1. The van der Waals surface area contributed by atoms with Gasteiger partial charge in [-0.15, -0.1) is 0 Å². The molecule has 3 rings (SSSR count). The van der Waals surface area contributed by atoms with E-state index in [0.29, 0.717) is 24.2 Å². The number of carbonyl (C=O) groups is 2. The number of carboxylic acids is 1. The van der Waals surface area contributed by atoms with Gasteiger partial charge in [-0.3, -0.25) is 9.59 Å². The molecule has 1 unspecified atom stereocenters. The number of nitrogens with zero attached hydrogens (tertiary/aromatic N) is 1. The first kappa shape index (κ1) is 12.7. The molecule has 0 fully saturated rings. The van der Waals surface area contributed by atoms with Crippen molar-refractivity contribution in [2.45, 2.75) is 31.7 Å². The van der Waals surface area contributed by atoms with Crippen LogP contribution in [-0.2, 0) is 11.3 Å². The lowest BCUT2D eigenvalue weighted by Crippen LogP contribution is -2.16. The van der Waals surface area contributed by atoms with Crippen LogP contribution in [0.1, 0.15) is 46.9 Å². The highest BCUT2D eigenvalue weighted by Crippen LogP contribution is 2.29. The van der Waals surface area contributed by atoms with Gasteiger partial charge in [-0.2, -0.15) is 0 Å². The van der Waals surface area contributed by atoms with E-state index in [4.69, 9.17) is 4.42 Å². The first-order chi connectivity index (χ1) is 9.68. The lowest BCUT2D eigenvalue weighted by Gasteiger charge is -2.13. The van der Waals surface area contributed by atoms with E-state index in [1.807, 2.05) is 4.57 Å². The molecule has 0 spiro atoms. The second kappa shape index (κ2) is 5.00. The Morgan fingerprint density at radius 1 is 1.25 bits per heavy atom. The van der Waals surface area contributed by atoms with Crippen LogP contribution in [0.5, 0.6) is 0 Å². The van der Waals surface area contributed by atoms with Crippen LogP contribution >= 0.6 is 0 Å². The molecule has 1 aliphatic heterocycles. The van der Waals surface area contributed by atoms with Crippen molar-refractivity contribution in [3.63, 3.8) is 0 Å². The number of ketones is 1. The highest BCUT2D eigenvalue weighted by molar-refractivity contribution is 6.08. The van der Waals surface area contributed by atoms with Gasteiger partial charge in [0.2, 0.25) is 5.78 Å². The summed E-state index contributed by atoms with van der Waals surface area (Å²) in [5, 5.41) is 9.33. The van der Waals surface area contributed by atoms with E-state index < -0.39 is 11.9 Å². The Morgan fingerprint density at radius 2 is 2.10 bits per heavy atom. The molecule has 1 aliphatic rings. The van der Waals surface area contributed by atoms with E-state index in [1.54, 1.807) is 18.2 Å². The summed E-state index contributed by atoms with van der Waals surface area (Å²) in [4.78, 5) is 23.8. The van der Waals surface area contributed by atoms with Crippen molar-refractivity contribution in [3.8, 4) is 0 Å². The van der Waals surface area contributed by atoms with Crippen molar-refractivity contribution in [1.29, 1.82) is 0 Å². The van der Waals surface area contributed by atoms with Crippen LogP contribution in [0.4, 0.5) is 0 Å². The molecule has 3 heterocycles. The maximum Gasteiger partial charge on any atom is 0.312 e. The largest absolute Gasteiger partial charge is 0.481 e. The smallest absolute Gasteiger partial charge is 0.312 e.